The molecule has 0 unspecified atom stereocenters. The van der Waals surface area contributed by atoms with Crippen molar-refractivity contribution in [2.45, 2.75) is 46.3 Å². The molecule has 0 aliphatic carbocycles. The molecule has 1 aromatic carbocycles. The van der Waals surface area contributed by atoms with Crippen molar-refractivity contribution in [1.29, 1.82) is 0 Å². The maximum Gasteiger partial charge on any atom is 0.0762 e. The molecule has 17 heavy (non-hydrogen) atoms. The van der Waals surface area contributed by atoms with Crippen molar-refractivity contribution < 1.29 is 5.11 Å². The van der Waals surface area contributed by atoms with Crippen molar-refractivity contribution in [1.82, 2.24) is 0 Å². The van der Waals surface area contributed by atoms with Crippen LogP contribution in [-0.2, 0) is 0 Å². The van der Waals surface area contributed by atoms with Crippen LogP contribution in [0, 0.1) is 0 Å². The van der Waals surface area contributed by atoms with Gasteiger partial charge in [-0.2, -0.15) is 0 Å². The van der Waals surface area contributed by atoms with Crippen LogP contribution in [0.25, 0.3) is 0 Å². The van der Waals surface area contributed by atoms with Crippen LogP contribution in [-0.4, -0.2) is 17.7 Å². The molecular weight excluding hydrogens is 278 g/mol. The van der Waals surface area contributed by atoms with Gasteiger partial charge >= 0.3 is 0 Å². The van der Waals surface area contributed by atoms with E-state index in [9.17, 15) is 5.11 Å². The Morgan fingerprint density at radius 1 is 1.29 bits per heavy atom. The quantitative estimate of drug-likeness (QED) is 0.884. The van der Waals surface area contributed by atoms with Gasteiger partial charge in [-0.25, -0.2) is 0 Å². The molecule has 0 heterocycles. The fourth-order valence-electron chi connectivity index (χ4n) is 1.91. The average molecular weight is 300 g/mol. The minimum atomic E-state index is -0.418. The summed E-state index contributed by atoms with van der Waals surface area (Å²) in [4.78, 5) is 2.37. The summed E-state index contributed by atoms with van der Waals surface area (Å²) in [5.74, 6) is 0. The highest BCUT2D eigenvalue weighted by molar-refractivity contribution is 9.10. The van der Waals surface area contributed by atoms with E-state index in [0.717, 1.165) is 23.0 Å². The Balaban J connectivity index is 3.04. The molecule has 0 saturated heterocycles. The molecule has 0 aliphatic rings. The number of halogens is 1. The van der Waals surface area contributed by atoms with Crippen molar-refractivity contribution in [2.24, 2.45) is 0 Å². The van der Waals surface area contributed by atoms with Gasteiger partial charge in [0.25, 0.3) is 0 Å². The first kappa shape index (κ1) is 14.5. The van der Waals surface area contributed by atoms with Crippen molar-refractivity contribution in [3.63, 3.8) is 0 Å². The van der Waals surface area contributed by atoms with Gasteiger partial charge < -0.3 is 10.0 Å². The van der Waals surface area contributed by atoms with Crippen LogP contribution >= 0.6 is 15.9 Å². The summed E-state index contributed by atoms with van der Waals surface area (Å²) < 4.78 is 1.05. The predicted octanol–water partition coefficient (Wildman–Crippen LogP) is 4.13. The van der Waals surface area contributed by atoms with Gasteiger partial charge in [0, 0.05) is 17.1 Å². The number of anilines is 1. The Kier molecular flexibility index (Phi) is 5.47. The molecule has 1 atom stereocenters. The van der Waals surface area contributed by atoms with Gasteiger partial charge in [0.05, 0.1) is 11.8 Å². The van der Waals surface area contributed by atoms with Gasteiger partial charge in [-0.1, -0.05) is 13.0 Å². The van der Waals surface area contributed by atoms with Gasteiger partial charge in [0.2, 0.25) is 0 Å². The second-order valence-corrected chi connectivity index (χ2v) is 5.53. The van der Waals surface area contributed by atoms with Gasteiger partial charge in [0.15, 0.2) is 0 Å². The number of hydrogen-bond donors (Lipinski definition) is 1. The second kappa shape index (κ2) is 6.41. The molecule has 0 fully saturated rings. The summed E-state index contributed by atoms with van der Waals surface area (Å²) in [5.41, 5.74) is 2.15. The third-order valence-electron chi connectivity index (χ3n) is 2.85. The van der Waals surface area contributed by atoms with E-state index >= 15 is 0 Å². The van der Waals surface area contributed by atoms with Crippen LogP contribution in [0.5, 0.6) is 0 Å². The molecule has 1 aromatic rings. The lowest BCUT2D eigenvalue weighted by molar-refractivity contribution is 0.199. The molecule has 0 bridgehead atoms. The molecule has 1 N–H and O–H groups in total. The third kappa shape index (κ3) is 3.71. The van der Waals surface area contributed by atoms with E-state index in [1.54, 1.807) is 6.92 Å². The SMILES string of the molecule is CCCN(c1ccc([C@H](C)O)cc1Br)C(C)C. The van der Waals surface area contributed by atoms with E-state index in [2.05, 4.69) is 47.7 Å². The zero-order chi connectivity index (χ0) is 13.0. The Morgan fingerprint density at radius 2 is 1.94 bits per heavy atom. The zero-order valence-corrected chi connectivity index (χ0v) is 12.7. The van der Waals surface area contributed by atoms with Crippen LogP contribution < -0.4 is 4.90 Å². The highest BCUT2D eigenvalue weighted by Crippen LogP contribution is 2.30. The summed E-state index contributed by atoms with van der Waals surface area (Å²) in [7, 11) is 0. The molecule has 0 spiro atoms. The number of hydrogen-bond acceptors (Lipinski definition) is 2. The second-order valence-electron chi connectivity index (χ2n) is 4.67. The van der Waals surface area contributed by atoms with Gasteiger partial charge in [-0.05, 0) is 60.8 Å². The average Bonchev–Trinajstić information content (AvgIpc) is 2.26. The van der Waals surface area contributed by atoms with Gasteiger partial charge in [-0.15, -0.1) is 0 Å². The molecule has 0 saturated carbocycles. The minimum Gasteiger partial charge on any atom is -0.389 e. The lowest BCUT2D eigenvalue weighted by Gasteiger charge is -2.30. The standard InChI is InChI=1S/C14H22BrNO/c1-5-8-16(10(2)3)14-7-6-12(11(4)17)9-13(14)15/h6-7,9-11,17H,5,8H2,1-4H3/t11-/m0/s1. The first-order chi connectivity index (χ1) is 7.97. The Hall–Kier alpha value is -0.540. The Bertz CT molecular complexity index is 363. The molecule has 2 nitrogen and oxygen atoms in total. The normalized spacial score (nSPS) is 12.9. The topological polar surface area (TPSA) is 23.5 Å². The van der Waals surface area contributed by atoms with E-state index in [0.29, 0.717) is 6.04 Å². The fourth-order valence-corrected chi connectivity index (χ4v) is 2.54. The van der Waals surface area contributed by atoms with Crippen LogP contribution in [0.1, 0.15) is 45.8 Å². The summed E-state index contributed by atoms with van der Waals surface area (Å²) in [6.45, 7) is 9.42. The Morgan fingerprint density at radius 3 is 2.35 bits per heavy atom. The Labute approximate surface area is 113 Å². The van der Waals surface area contributed by atoms with Crippen LogP contribution in [0.3, 0.4) is 0 Å². The van der Waals surface area contributed by atoms with Crippen molar-refractivity contribution in [3.05, 3.63) is 28.2 Å². The number of aliphatic hydroxyl groups is 1. The number of nitrogens with zero attached hydrogens (tertiary/aromatic N) is 1. The molecular formula is C14H22BrNO. The lowest BCUT2D eigenvalue weighted by atomic mass is 10.1. The van der Waals surface area contributed by atoms with Crippen LogP contribution in [0.2, 0.25) is 0 Å². The summed E-state index contributed by atoms with van der Waals surface area (Å²) in [6.07, 6.45) is 0.710. The van der Waals surface area contributed by atoms with Crippen LogP contribution in [0.15, 0.2) is 22.7 Å². The predicted molar refractivity (Wildman–Crippen MR) is 77.5 cm³/mol. The van der Waals surface area contributed by atoms with Gasteiger partial charge in [0.1, 0.15) is 0 Å². The third-order valence-corrected chi connectivity index (χ3v) is 3.49. The van der Waals surface area contributed by atoms with Crippen LogP contribution in [0.4, 0.5) is 5.69 Å². The largest absolute Gasteiger partial charge is 0.389 e. The lowest BCUT2D eigenvalue weighted by Crippen LogP contribution is -2.31. The van der Waals surface area contributed by atoms with E-state index < -0.39 is 6.10 Å². The molecule has 3 heteroatoms. The minimum absolute atomic E-state index is 0.418. The maximum absolute atomic E-state index is 9.56. The molecule has 96 valence electrons. The first-order valence-corrected chi connectivity index (χ1v) is 7.00. The molecule has 0 aliphatic heterocycles. The molecule has 1 rings (SSSR count). The number of aliphatic hydroxyl groups excluding tert-OH is 1. The van der Waals surface area contributed by atoms with Crippen molar-refractivity contribution >= 4 is 21.6 Å². The molecule has 0 amide bonds. The highest BCUT2D eigenvalue weighted by Gasteiger charge is 2.13. The highest BCUT2D eigenvalue weighted by atomic mass is 79.9. The summed E-state index contributed by atoms with van der Waals surface area (Å²) in [6, 6.07) is 6.56. The van der Waals surface area contributed by atoms with E-state index in [1.165, 1.54) is 5.69 Å². The number of rotatable bonds is 5. The summed E-state index contributed by atoms with van der Waals surface area (Å²) in [5, 5.41) is 9.56. The van der Waals surface area contributed by atoms with E-state index in [4.69, 9.17) is 0 Å². The smallest absolute Gasteiger partial charge is 0.0762 e. The zero-order valence-electron chi connectivity index (χ0n) is 11.1. The fraction of sp³-hybridized carbons (Fsp3) is 0.571. The number of benzene rings is 1. The van der Waals surface area contributed by atoms with Crippen molar-refractivity contribution in [2.75, 3.05) is 11.4 Å². The summed E-state index contributed by atoms with van der Waals surface area (Å²) >= 11 is 3.60. The monoisotopic (exact) mass is 299 g/mol. The first-order valence-electron chi connectivity index (χ1n) is 6.21. The van der Waals surface area contributed by atoms with Gasteiger partial charge in [-0.3, -0.25) is 0 Å². The van der Waals surface area contributed by atoms with E-state index in [-0.39, 0.29) is 0 Å². The van der Waals surface area contributed by atoms with Crippen molar-refractivity contribution in [3.8, 4) is 0 Å². The van der Waals surface area contributed by atoms with E-state index in [1.807, 2.05) is 12.1 Å². The maximum atomic E-state index is 9.56. The molecule has 0 radical (unpaired) electrons. The molecule has 0 aromatic heterocycles.